The van der Waals surface area contributed by atoms with E-state index in [0.29, 0.717) is 6.54 Å². The van der Waals surface area contributed by atoms with Gasteiger partial charge in [-0.05, 0) is 43.4 Å². The number of benzene rings is 1. The van der Waals surface area contributed by atoms with E-state index in [1.807, 2.05) is 6.07 Å². The predicted octanol–water partition coefficient (Wildman–Crippen LogP) is 2.91. The number of aliphatic hydroxyl groups excluding tert-OH is 1. The van der Waals surface area contributed by atoms with Gasteiger partial charge in [-0.25, -0.2) is 4.39 Å². The molecule has 0 heterocycles. The first-order chi connectivity index (χ1) is 10.6. The molecule has 120 valence electrons. The molecule has 1 aromatic carbocycles. The molecule has 1 amide bonds. The fraction of sp³-hybridized carbons (Fsp3) is 0.611. The van der Waals surface area contributed by atoms with Crippen LogP contribution in [0.5, 0.6) is 0 Å². The van der Waals surface area contributed by atoms with E-state index in [4.69, 9.17) is 0 Å². The van der Waals surface area contributed by atoms with E-state index < -0.39 is 5.41 Å². The molecule has 1 aromatic rings. The third-order valence-corrected chi connectivity index (χ3v) is 5.41. The van der Waals surface area contributed by atoms with Crippen molar-refractivity contribution in [3.05, 3.63) is 35.6 Å². The molecule has 0 aromatic heterocycles. The second kappa shape index (κ2) is 6.37. The second-order valence-electron chi connectivity index (χ2n) is 6.77. The zero-order chi connectivity index (χ0) is 15.6. The maximum absolute atomic E-state index is 13.6. The summed E-state index contributed by atoms with van der Waals surface area (Å²) in [6, 6.07) is 6.45. The summed E-state index contributed by atoms with van der Waals surface area (Å²) in [5, 5.41) is 12.9. The molecule has 3 rings (SSSR count). The highest BCUT2D eigenvalue weighted by atomic mass is 19.1. The van der Waals surface area contributed by atoms with Crippen molar-refractivity contribution in [2.24, 2.45) is 5.92 Å². The van der Waals surface area contributed by atoms with Crippen LogP contribution in [0.25, 0.3) is 0 Å². The van der Waals surface area contributed by atoms with Gasteiger partial charge >= 0.3 is 0 Å². The normalized spacial score (nSPS) is 27.0. The molecule has 2 atom stereocenters. The van der Waals surface area contributed by atoms with Crippen LogP contribution >= 0.6 is 0 Å². The standard InChI is InChI=1S/C18H24FNO2/c19-15-7-4-6-14(11-15)18(9-1-2-10-18)17(22)20-12-13-5-3-8-16(13)21/h4,6-7,11,13,16,21H,1-3,5,8-10,12H2,(H,20,22). The number of hydrogen-bond acceptors (Lipinski definition) is 2. The number of rotatable bonds is 4. The number of carbonyl (C=O) groups excluding carboxylic acids is 1. The zero-order valence-electron chi connectivity index (χ0n) is 12.9. The van der Waals surface area contributed by atoms with Gasteiger partial charge in [0.2, 0.25) is 5.91 Å². The van der Waals surface area contributed by atoms with Crippen molar-refractivity contribution in [3.63, 3.8) is 0 Å². The van der Waals surface area contributed by atoms with Gasteiger partial charge in [0.05, 0.1) is 11.5 Å². The van der Waals surface area contributed by atoms with Gasteiger partial charge in [-0.3, -0.25) is 4.79 Å². The van der Waals surface area contributed by atoms with Gasteiger partial charge in [-0.1, -0.05) is 31.4 Å². The smallest absolute Gasteiger partial charge is 0.230 e. The first-order valence-electron chi connectivity index (χ1n) is 8.34. The van der Waals surface area contributed by atoms with Gasteiger partial charge in [0, 0.05) is 12.5 Å². The van der Waals surface area contributed by atoms with E-state index in [2.05, 4.69) is 5.32 Å². The van der Waals surface area contributed by atoms with Crippen LogP contribution in [0, 0.1) is 11.7 Å². The fourth-order valence-corrected chi connectivity index (χ4v) is 4.06. The van der Waals surface area contributed by atoms with E-state index in [0.717, 1.165) is 50.5 Å². The SMILES string of the molecule is O=C(NCC1CCCC1O)C1(c2cccc(F)c2)CCCC1. The number of nitrogens with one attached hydrogen (secondary N) is 1. The van der Waals surface area contributed by atoms with E-state index in [1.54, 1.807) is 6.07 Å². The summed E-state index contributed by atoms with van der Waals surface area (Å²) < 4.78 is 13.6. The molecule has 2 fully saturated rings. The molecule has 2 aliphatic rings. The molecule has 2 aliphatic carbocycles. The van der Waals surface area contributed by atoms with Gasteiger partial charge < -0.3 is 10.4 Å². The molecule has 2 saturated carbocycles. The largest absolute Gasteiger partial charge is 0.393 e. The van der Waals surface area contributed by atoms with Crippen molar-refractivity contribution in [2.45, 2.75) is 56.5 Å². The molecular formula is C18H24FNO2. The molecule has 22 heavy (non-hydrogen) atoms. The monoisotopic (exact) mass is 305 g/mol. The maximum atomic E-state index is 13.6. The minimum atomic E-state index is -0.592. The summed E-state index contributed by atoms with van der Waals surface area (Å²) >= 11 is 0. The van der Waals surface area contributed by atoms with Crippen molar-refractivity contribution in [1.82, 2.24) is 5.32 Å². The summed E-state index contributed by atoms with van der Waals surface area (Å²) in [7, 11) is 0. The molecule has 2 unspecified atom stereocenters. The van der Waals surface area contributed by atoms with Crippen molar-refractivity contribution >= 4 is 5.91 Å². The summed E-state index contributed by atoms with van der Waals surface area (Å²) in [5.74, 6) is -0.132. The van der Waals surface area contributed by atoms with Crippen molar-refractivity contribution in [3.8, 4) is 0 Å². The van der Waals surface area contributed by atoms with Crippen LogP contribution in [-0.4, -0.2) is 23.7 Å². The Morgan fingerprint density at radius 2 is 2.05 bits per heavy atom. The van der Waals surface area contributed by atoms with Crippen LogP contribution in [0.1, 0.15) is 50.5 Å². The Morgan fingerprint density at radius 1 is 1.27 bits per heavy atom. The van der Waals surface area contributed by atoms with Crippen LogP contribution in [-0.2, 0) is 10.2 Å². The van der Waals surface area contributed by atoms with Crippen molar-refractivity contribution in [1.29, 1.82) is 0 Å². The average Bonchev–Trinajstić information content (AvgIpc) is 3.15. The Morgan fingerprint density at radius 3 is 2.68 bits per heavy atom. The van der Waals surface area contributed by atoms with Crippen LogP contribution < -0.4 is 5.32 Å². The Hall–Kier alpha value is -1.42. The fourth-order valence-electron chi connectivity index (χ4n) is 4.06. The molecule has 0 bridgehead atoms. The highest BCUT2D eigenvalue weighted by molar-refractivity contribution is 5.88. The van der Waals surface area contributed by atoms with Crippen LogP contribution in [0.2, 0.25) is 0 Å². The van der Waals surface area contributed by atoms with Crippen LogP contribution in [0.3, 0.4) is 0 Å². The Bertz CT molecular complexity index is 540. The predicted molar refractivity (Wildman–Crippen MR) is 82.9 cm³/mol. The first kappa shape index (κ1) is 15.5. The van der Waals surface area contributed by atoms with Gasteiger partial charge in [0.15, 0.2) is 0 Å². The Balaban J connectivity index is 1.74. The Labute approximate surface area is 130 Å². The zero-order valence-corrected chi connectivity index (χ0v) is 12.9. The lowest BCUT2D eigenvalue weighted by Crippen LogP contribution is -2.45. The number of hydrogen-bond donors (Lipinski definition) is 2. The maximum Gasteiger partial charge on any atom is 0.230 e. The number of amides is 1. The third-order valence-electron chi connectivity index (χ3n) is 5.41. The number of halogens is 1. The lowest BCUT2D eigenvalue weighted by Gasteiger charge is -2.29. The molecule has 0 saturated heterocycles. The third kappa shape index (κ3) is 2.89. The molecule has 4 heteroatoms. The van der Waals surface area contributed by atoms with Crippen molar-refractivity contribution in [2.75, 3.05) is 6.54 Å². The number of aliphatic hydroxyl groups is 1. The summed E-state index contributed by atoms with van der Waals surface area (Å²) in [4.78, 5) is 12.8. The summed E-state index contributed by atoms with van der Waals surface area (Å²) in [6.07, 6.45) is 6.06. The number of carbonyl (C=O) groups is 1. The van der Waals surface area contributed by atoms with Crippen LogP contribution in [0.15, 0.2) is 24.3 Å². The van der Waals surface area contributed by atoms with Gasteiger partial charge in [-0.15, -0.1) is 0 Å². The lowest BCUT2D eigenvalue weighted by atomic mass is 9.78. The topological polar surface area (TPSA) is 49.3 Å². The molecule has 3 nitrogen and oxygen atoms in total. The first-order valence-corrected chi connectivity index (χ1v) is 8.34. The van der Waals surface area contributed by atoms with E-state index in [9.17, 15) is 14.3 Å². The minimum absolute atomic E-state index is 0.00491. The van der Waals surface area contributed by atoms with E-state index >= 15 is 0 Å². The highest BCUT2D eigenvalue weighted by Crippen LogP contribution is 2.41. The summed E-state index contributed by atoms with van der Waals surface area (Å²) in [6.45, 7) is 0.525. The molecular weight excluding hydrogens is 281 g/mol. The molecule has 0 radical (unpaired) electrons. The summed E-state index contributed by atoms with van der Waals surface area (Å²) in [5.41, 5.74) is 0.195. The van der Waals surface area contributed by atoms with Crippen LogP contribution in [0.4, 0.5) is 4.39 Å². The Kier molecular flexibility index (Phi) is 4.48. The molecule has 0 spiro atoms. The van der Waals surface area contributed by atoms with Gasteiger partial charge in [0.25, 0.3) is 0 Å². The second-order valence-corrected chi connectivity index (χ2v) is 6.77. The lowest BCUT2D eigenvalue weighted by molar-refractivity contribution is -0.127. The average molecular weight is 305 g/mol. The molecule has 0 aliphatic heterocycles. The van der Waals surface area contributed by atoms with E-state index in [-0.39, 0.29) is 23.7 Å². The highest BCUT2D eigenvalue weighted by Gasteiger charge is 2.43. The van der Waals surface area contributed by atoms with Gasteiger partial charge in [-0.2, -0.15) is 0 Å². The van der Waals surface area contributed by atoms with E-state index in [1.165, 1.54) is 12.1 Å². The minimum Gasteiger partial charge on any atom is -0.393 e. The van der Waals surface area contributed by atoms with Crippen molar-refractivity contribution < 1.29 is 14.3 Å². The molecule has 2 N–H and O–H groups in total. The van der Waals surface area contributed by atoms with Gasteiger partial charge in [0.1, 0.15) is 5.82 Å². The quantitative estimate of drug-likeness (QED) is 0.898.